The monoisotopic (exact) mass is 266 g/mol. The predicted octanol–water partition coefficient (Wildman–Crippen LogP) is 3.79. The summed E-state index contributed by atoms with van der Waals surface area (Å²) in [5, 5.41) is 11.2. The van der Waals surface area contributed by atoms with E-state index < -0.39 is 0 Å². The molecule has 2 heterocycles. The van der Waals surface area contributed by atoms with Gasteiger partial charge in [0, 0.05) is 17.5 Å². The number of aromatic nitrogens is 1. The summed E-state index contributed by atoms with van der Waals surface area (Å²) < 4.78 is 0. The molecule has 0 saturated carbocycles. The fraction of sp³-hybridized carbons (Fsp3) is 0.462. The fourth-order valence-electron chi connectivity index (χ4n) is 1.91. The van der Waals surface area contributed by atoms with Crippen LogP contribution in [0, 0.1) is 6.92 Å². The van der Waals surface area contributed by atoms with Gasteiger partial charge < -0.3 is 5.32 Å². The van der Waals surface area contributed by atoms with Gasteiger partial charge in [-0.3, -0.25) is 0 Å². The third-order valence-electron chi connectivity index (χ3n) is 2.74. The molecular weight excluding hydrogens is 248 g/mol. The van der Waals surface area contributed by atoms with Gasteiger partial charge in [0.1, 0.15) is 0 Å². The Morgan fingerprint density at radius 1 is 1.35 bits per heavy atom. The highest BCUT2D eigenvalue weighted by Crippen LogP contribution is 2.17. The molecule has 2 unspecified atom stereocenters. The molecule has 0 aromatic carbocycles. The molecule has 0 radical (unpaired) electrons. The molecule has 2 aromatic rings. The largest absolute Gasteiger partial charge is 0.306 e. The maximum Gasteiger partial charge on any atom is 0.0898 e. The molecule has 0 aliphatic heterocycles. The van der Waals surface area contributed by atoms with E-state index in [0.29, 0.717) is 12.1 Å². The van der Waals surface area contributed by atoms with Crippen molar-refractivity contribution < 1.29 is 0 Å². The van der Waals surface area contributed by atoms with Crippen molar-refractivity contribution in [3.8, 4) is 0 Å². The summed E-state index contributed by atoms with van der Waals surface area (Å²) in [6.45, 7) is 6.46. The van der Waals surface area contributed by atoms with Gasteiger partial charge in [-0.2, -0.15) is 11.3 Å². The first-order chi connectivity index (χ1) is 8.15. The van der Waals surface area contributed by atoms with Gasteiger partial charge in [-0.25, -0.2) is 4.98 Å². The maximum absolute atomic E-state index is 4.52. The van der Waals surface area contributed by atoms with Crippen molar-refractivity contribution >= 4 is 22.7 Å². The van der Waals surface area contributed by atoms with Gasteiger partial charge in [-0.15, -0.1) is 11.3 Å². The number of hydrogen-bond donors (Lipinski definition) is 1. The highest BCUT2D eigenvalue weighted by molar-refractivity contribution is 7.09. The van der Waals surface area contributed by atoms with E-state index in [1.54, 1.807) is 22.7 Å². The molecular formula is C13H18N2S2. The topological polar surface area (TPSA) is 24.9 Å². The van der Waals surface area contributed by atoms with Gasteiger partial charge in [-0.05, 0) is 49.6 Å². The van der Waals surface area contributed by atoms with E-state index in [0.717, 1.165) is 17.1 Å². The van der Waals surface area contributed by atoms with Crippen molar-refractivity contribution in [1.29, 1.82) is 0 Å². The molecule has 0 spiro atoms. The van der Waals surface area contributed by atoms with E-state index in [2.05, 4.69) is 53.3 Å². The number of thiophene rings is 1. The molecule has 0 saturated heterocycles. The van der Waals surface area contributed by atoms with E-state index >= 15 is 0 Å². The number of thiazole rings is 1. The molecule has 2 nitrogen and oxygen atoms in total. The summed E-state index contributed by atoms with van der Waals surface area (Å²) in [5.41, 5.74) is 2.57. The number of nitrogens with one attached hydrogen (secondary N) is 1. The van der Waals surface area contributed by atoms with Crippen molar-refractivity contribution in [3.05, 3.63) is 38.5 Å². The average molecular weight is 266 g/mol. The van der Waals surface area contributed by atoms with Crippen LogP contribution in [-0.4, -0.2) is 11.0 Å². The van der Waals surface area contributed by atoms with Crippen LogP contribution in [0.5, 0.6) is 0 Å². The molecule has 2 rings (SSSR count). The van der Waals surface area contributed by atoms with Crippen LogP contribution in [0.4, 0.5) is 0 Å². The van der Waals surface area contributed by atoms with Crippen LogP contribution in [0.2, 0.25) is 0 Å². The quantitative estimate of drug-likeness (QED) is 0.890. The summed E-state index contributed by atoms with van der Waals surface area (Å²) in [7, 11) is 0. The first-order valence-corrected chi connectivity index (χ1v) is 7.66. The Hall–Kier alpha value is -0.710. The summed E-state index contributed by atoms with van der Waals surface area (Å²) in [6.07, 6.45) is 1.08. The Labute approximate surface area is 111 Å². The fourth-order valence-corrected chi connectivity index (χ4v) is 3.30. The van der Waals surface area contributed by atoms with Crippen molar-refractivity contribution in [1.82, 2.24) is 10.3 Å². The van der Waals surface area contributed by atoms with E-state index in [9.17, 15) is 0 Å². The zero-order valence-corrected chi connectivity index (χ0v) is 12.1. The molecule has 92 valence electrons. The summed E-state index contributed by atoms with van der Waals surface area (Å²) in [6, 6.07) is 3.00. The van der Waals surface area contributed by atoms with Crippen LogP contribution in [0.3, 0.4) is 0 Å². The Kier molecular flexibility index (Phi) is 4.31. The second kappa shape index (κ2) is 5.76. The number of aryl methyl sites for hydroxylation is 1. The third-order valence-corrected chi connectivity index (χ3v) is 4.26. The van der Waals surface area contributed by atoms with Gasteiger partial charge in [0.25, 0.3) is 0 Å². The minimum Gasteiger partial charge on any atom is -0.306 e. The second-order valence-electron chi connectivity index (χ2n) is 4.42. The Balaban J connectivity index is 1.88. The molecule has 2 atom stereocenters. The zero-order chi connectivity index (χ0) is 12.3. The van der Waals surface area contributed by atoms with Gasteiger partial charge in [-0.1, -0.05) is 0 Å². The lowest BCUT2D eigenvalue weighted by Gasteiger charge is -2.18. The molecule has 0 aliphatic rings. The number of rotatable bonds is 5. The Bertz CT molecular complexity index is 448. The normalized spacial score (nSPS) is 14.8. The van der Waals surface area contributed by atoms with Gasteiger partial charge in [0.15, 0.2) is 0 Å². The predicted molar refractivity (Wildman–Crippen MR) is 75.9 cm³/mol. The first kappa shape index (κ1) is 12.7. The lowest BCUT2D eigenvalue weighted by atomic mass is 10.1. The SMILES string of the molecule is Cc1nc(C(C)NC(C)Cc2ccsc2)cs1. The van der Waals surface area contributed by atoms with Crippen molar-refractivity contribution in [3.63, 3.8) is 0 Å². The number of hydrogen-bond acceptors (Lipinski definition) is 4. The van der Waals surface area contributed by atoms with Crippen LogP contribution in [0.1, 0.15) is 36.2 Å². The molecule has 0 bridgehead atoms. The van der Waals surface area contributed by atoms with E-state index in [1.807, 2.05) is 0 Å². The molecule has 4 heteroatoms. The molecule has 1 N–H and O–H groups in total. The van der Waals surface area contributed by atoms with Crippen molar-refractivity contribution in [2.75, 3.05) is 0 Å². The zero-order valence-electron chi connectivity index (χ0n) is 10.4. The maximum atomic E-state index is 4.52. The Morgan fingerprint density at radius 3 is 2.76 bits per heavy atom. The second-order valence-corrected chi connectivity index (χ2v) is 6.26. The minimum absolute atomic E-state index is 0.327. The van der Waals surface area contributed by atoms with Crippen molar-refractivity contribution in [2.45, 2.75) is 39.3 Å². The third kappa shape index (κ3) is 3.63. The molecule has 17 heavy (non-hydrogen) atoms. The minimum atomic E-state index is 0.327. The van der Waals surface area contributed by atoms with Gasteiger partial charge in [0.2, 0.25) is 0 Å². The average Bonchev–Trinajstić information content (AvgIpc) is 2.89. The molecule has 0 amide bonds. The van der Waals surface area contributed by atoms with Crippen LogP contribution in [-0.2, 0) is 6.42 Å². The van der Waals surface area contributed by atoms with Crippen LogP contribution in [0.25, 0.3) is 0 Å². The smallest absolute Gasteiger partial charge is 0.0898 e. The highest BCUT2D eigenvalue weighted by Gasteiger charge is 2.12. The van der Waals surface area contributed by atoms with Crippen LogP contribution in [0.15, 0.2) is 22.2 Å². The summed E-state index contributed by atoms with van der Waals surface area (Å²) in [5.74, 6) is 0. The summed E-state index contributed by atoms with van der Waals surface area (Å²) >= 11 is 3.48. The van der Waals surface area contributed by atoms with Crippen molar-refractivity contribution in [2.24, 2.45) is 0 Å². The molecule has 0 aliphatic carbocycles. The van der Waals surface area contributed by atoms with E-state index in [1.165, 1.54) is 5.56 Å². The van der Waals surface area contributed by atoms with Gasteiger partial charge >= 0.3 is 0 Å². The molecule has 2 aromatic heterocycles. The number of nitrogens with zero attached hydrogens (tertiary/aromatic N) is 1. The molecule has 0 fully saturated rings. The Morgan fingerprint density at radius 2 is 2.18 bits per heavy atom. The lowest BCUT2D eigenvalue weighted by Crippen LogP contribution is -2.30. The lowest BCUT2D eigenvalue weighted by molar-refractivity contribution is 0.471. The van der Waals surface area contributed by atoms with E-state index in [4.69, 9.17) is 0 Å². The van der Waals surface area contributed by atoms with Crippen LogP contribution < -0.4 is 5.32 Å². The summed E-state index contributed by atoms with van der Waals surface area (Å²) in [4.78, 5) is 4.52. The van der Waals surface area contributed by atoms with Crippen LogP contribution >= 0.6 is 22.7 Å². The first-order valence-electron chi connectivity index (χ1n) is 5.84. The van der Waals surface area contributed by atoms with E-state index in [-0.39, 0.29) is 0 Å². The highest BCUT2D eigenvalue weighted by atomic mass is 32.1. The standard InChI is InChI=1S/C13H18N2S2/c1-9(6-12-4-5-16-7-12)14-10(2)13-8-17-11(3)15-13/h4-5,7-10,14H,6H2,1-3H3. The van der Waals surface area contributed by atoms with Gasteiger partial charge in [0.05, 0.1) is 10.7 Å².